The summed E-state index contributed by atoms with van der Waals surface area (Å²) in [7, 11) is -0.857. The average Bonchev–Trinajstić information content (AvgIpc) is 2.71. The molecule has 0 aromatic heterocycles. The number of nitrogens with one attached hydrogen (secondary N) is 1. The topological polar surface area (TPSA) is 47.6 Å². The molecule has 2 rings (SSSR count). The molecule has 0 spiro atoms. The Bertz CT molecular complexity index is 703. The second-order valence-electron chi connectivity index (χ2n) is 6.98. The van der Waals surface area contributed by atoms with Crippen molar-refractivity contribution in [2.24, 2.45) is 0 Å². The molecule has 0 radical (unpaired) electrons. The molecule has 4 nitrogen and oxygen atoms in total. The minimum Gasteiger partial charge on any atom is -0.400 e. The van der Waals surface area contributed by atoms with E-state index in [0.717, 1.165) is 12.1 Å². The fourth-order valence-electron chi connectivity index (χ4n) is 2.28. The Morgan fingerprint density at radius 2 is 1.68 bits per heavy atom. The monoisotopic (exact) mass is 355 g/mol. The van der Waals surface area contributed by atoms with Crippen molar-refractivity contribution in [2.75, 3.05) is 6.54 Å². The van der Waals surface area contributed by atoms with Gasteiger partial charge in [0.05, 0.1) is 11.2 Å². The van der Waals surface area contributed by atoms with Gasteiger partial charge in [0.2, 0.25) is 5.91 Å². The Morgan fingerprint density at radius 3 is 2.20 bits per heavy atom. The van der Waals surface area contributed by atoms with Crippen LogP contribution in [0.3, 0.4) is 0 Å². The molecule has 1 fully saturated rings. The highest BCUT2D eigenvalue weighted by Gasteiger charge is 2.52. The van der Waals surface area contributed by atoms with E-state index < -0.39 is 35.8 Å². The summed E-state index contributed by atoms with van der Waals surface area (Å²) in [6, 6.07) is 1.96. The van der Waals surface area contributed by atoms with Crippen molar-refractivity contribution in [2.45, 2.75) is 45.8 Å². The van der Waals surface area contributed by atoms with Crippen LogP contribution < -0.4 is 5.32 Å². The molecule has 1 heterocycles. The first kappa shape index (κ1) is 19.5. The van der Waals surface area contributed by atoms with Gasteiger partial charge in [-0.25, -0.2) is 13.2 Å². The second kappa shape index (κ2) is 6.84. The van der Waals surface area contributed by atoms with Gasteiger partial charge in [-0.3, -0.25) is 4.79 Å². The molecule has 0 bridgehead atoms. The van der Waals surface area contributed by atoms with Crippen LogP contribution in [0.4, 0.5) is 13.2 Å². The highest BCUT2D eigenvalue weighted by atomic mass is 19.2. The molecular weight excluding hydrogens is 334 g/mol. The van der Waals surface area contributed by atoms with Gasteiger partial charge in [-0.2, -0.15) is 0 Å². The van der Waals surface area contributed by atoms with Gasteiger partial charge in [0, 0.05) is 19.0 Å². The lowest BCUT2D eigenvalue weighted by Crippen LogP contribution is -2.41. The third kappa shape index (κ3) is 4.07. The summed E-state index contributed by atoms with van der Waals surface area (Å²) >= 11 is 0. The van der Waals surface area contributed by atoms with Crippen LogP contribution in [0.25, 0.3) is 6.08 Å². The molecule has 1 aromatic carbocycles. The quantitative estimate of drug-likeness (QED) is 0.666. The van der Waals surface area contributed by atoms with Crippen molar-refractivity contribution in [3.63, 3.8) is 0 Å². The van der Waals surface area contributed by atoms with E-state index in [0.29, 0.717) is 5.47 Å². The van der Waals surface area contributed by atoms with Gasteiger partial charge in [0.1, 0.15) is 0 Å². The molecule has 1 saturated heterocycles. The fraction of sp³-hybridized carbons (Fsp3) is 0.471. The fourth-order valence-corrected chi connectivity index (χ4v) is 2.28. The van der Waals surface area contributed by atoms with Gasteiger partial charge in [0.15, 0.2) is 17.5 Å². The molecule has 8 heteroatoms. The summed E-state index contributed by atoms with van der Waals surface area (Å²) in [4.78, 5) is 11.2. The Hall–Kier alpha value is -1.80. The Morgan fingerprint density at radius 1 is 1.12 bits per heavy atom. The van der Waals surface area contributed by atoms with Gasteiger partial charge in [-0.05, 0) is 45.3 Å². The van der Waals surface area contributed by atoms with Gasteiger partial charge in [0.25, 0.3) is 0 Å². The molecule has 1 aromatic rings. The molecule has 136 valence electrons. The molecule has 1 N–H and O–H groups in total. The van der Waals surface area contributed by atoms with Crippen LogP contribution in [-0.2, 0) is 14.1 Å². The Labute approximate surface area is 145 Å². The van der Waals surface area contributed by atoms with Crippen molar-refractivity contribution in [1.82, 2.24) is 5.32 Å². The first-order valence-electron chi connectivity index (χ1n) is 7.88. The third-order valence-corrected chi connectivity index (χ3v) is 4.50. The van der Waals surface area contributed by atoms with Crippen LogP contribution in [0.5, 0.6) is 0 Å². The number of carbonyl (C=O) groups is 1. The maximum absolute atomic E-state index is 14.0. The zero-order valence-electron chi connectivity index (χ0n) is 14.9. The van der Waals surface area contributed by atoms with Crippen LogP contribution in [0.2, 0.25) is 0 Å². The smallest absolute Gasteiger partial charge is 0.400 e. The molecule has 0 atom stereocenters. The van der Waals surface area contributed by atoms with Crippen LogP contribution in [0, 0.1) is 17.5 Å². The predicted molar refractivity (Wildman–Crippen MR) is 89.1 cm³/mol. The van der Waals surface area contributed by atoms with E-state index in [-0.39, 0.29) is 18.0 Å². The predicted octanol–water partition coefficient (Wildman–Crippen LogP) is 3.25. The molecule has 0 unspecified atom stereocenters. The minimum absolute atomic E-state index is 0.0184. The summed E-state index contributed by atoms with van der Waals surface area (Å²) in [6.07, 6.45) is 1.30. The van der Waals surface area contributed by atoms with Gasteiger partial charge in [-0.1, -0.05) is 6.08 Å². The van der Waals surface area contributed by atoms with E-state index in [4.69, 9.17) is 9.31 Å². The summed E-state index contributed by atoms with van der Waals surface area (Å²) in [5.41, 5.74) is -1.05. The zero-order valence-corrected chi connectivity index (χ0v) is 14.9. The van der Waals surface area contributed by atoms with Crippen LogP contribution in [-0.4, -0.2) is 30.8 Å². The second-order valence-corrected chi connectivity index (χ2v) is 6.98. The normalized spacial score (nSPS) is 19.2. The molecule has 1 aliphatic heterocycles. The average molecular weight is 355 g/mol. The minimum atomic E-state index is -1.55. The maximum Gasteiger partial charge on any atom is 0.492 e. The van der Waals surface area contributed by atoms with Crippen molar-refractivity contribution in [3.8, 4) is 0 Å². The lowest BCUT2D eigenvalue weighted by Gasteiger charge is -2.32. The molecule has 1 amide bonds. The van der Waals surface area contributed by atoms with Crippen LogP contribution in [0.1, 0.15) is 40.2 Å². The van der Waals surface area contributed by atoms with Gasteiger partial charge >= 0.3 is 7.12 Å². The molecule has 25 heavy (non-hydrogen) atoms. The van der Waals surface area contributed by atoms with E-state index in [9.17, 15) is 18.0 Å². The molecule has 0 aliphatic carbocycles. The van der Waals surface area contributed by atoms with Crippen molar-refractivity contribution < 1.29 is 27.3 Å². The highest BCUT2D eigenvalue weighted by Crippen LogP contribution is 2.38. The number of carbonyl (C=O) groups excluding carboxylic acids is 1. The van der Waals surface area contributed by atoms with Crippen molar-refractivity contribution >= 4 is 19.1 Å². The number of halogens is 3. The standard InChI is InChI=1S/C17H21BF3NO3/c1-10(23)22-9-12(18-24-16(2,3)17(4,5)25-18)8-11-6-7-13(19)15(21)14(11)20/h6-8H,9H2,1-5H3,(H,22,23). The van der Waals surface area contributed by atoms with Gasteiger partial charge < -0.3 is 14.6 Å². The van der Waals surface area contributed by atoms with E-state index in [1.54, 1.807) is 0 Å². The van der Waals surface area contributed by atoms with E-state index in [1.165, 1.54) is 13.0 Å². The number of hydrogen-bond acceptors (Lipinski definition) is 3. The molecular formula is C17H21BF3NO3. The first-order chi connectivity index (χ1) is 11.4. The van der Waals surface area contributed by atoms with Crippen LogP contribution >= 0.6 is 0 Å². The van der Waals surface area contributed by atoms with Crippen molar-refractivity contribution in [3.05, 3.63) is 40.6 Å². The van der Waals surface area contributed by atoms with E-state index >= 15 is 0 Å². The van der Waals surface area contributed by atoms with E-state index in [2.05, 4.69) is 5.32 Å². The first-order valence-corrected chi connectivity index (χ1v) is 7.88. The number of amides is 1. The van der Waals surface area contributed by atoms with Crippen molar-refractivity contribution in [1.29, 1.82) is 0 Å². The maximum atomic E-state index is 14.0. The van der Waals surface area contributed by atoms with E-state index in [1.807, 2.05) is 27.7 Å². The largest absolute Gasteiger partial charge is 0.492 e. The highest BCUT2D eigenvalue weighted by molar-refractivity contribution is 6.56. The Kier molecular flexibility index (Phi) is 5.34. The SMILES string of the molecule is CC(=O)NCC(=Cc1ccc(F)c(F)c1F)B1OC(C)(C)C(C)(C)O1. The summed E-state index contributed by atoms with van der Waals surface area (Å²) in [5, 5.41) is 2.59. The number of benzene rings is 1. The number of hydrogen-bond donors (Lipinski definition) is 1. The lowest BCUT2D eigenvalue weighted by molar-refractivity contribution is -0.118. The zero-order chi connectivity index (χ0) is 19.0. The summed E-state index contributed by atoms with van der Waals surface area (Å²) in [5.74, 6) is -4.43. The Balaban J connectivity index is 2.40. The molecule has 1 aliphatic rings. The van der Waals surface area contributed by atoms with Gasteiger partial charge in [-0.15, -0.1) is 0 Å². The molecule has 0 saturated carbocycles. The summed E-state index contributed by atoms with van der Waals surface area (Å²) < 4.78 is 52.3. The summed E-state index contributed by atoms with van der Waals surface area (Å²) in [6.45, 7) is 8.75. The number of rotatable bonds is 4. The third-order valence-electron chi connectivity index (χ3n) is 4.50. The lowest BCUT2D eigenvalue weighted by atomic mass is 9.77. The van der Waals surface area contributed by atoms with Crippen LogP contribution in [0.15, 0.2) is 17.6 Å².